The van der Waals surface area contributed by atoms with Gasteiger partial charge in [-0.1, -0.05) is 12.2 Å². The number of anilines is 1. The molecule has 0 atom stereocenters. The summed E-state index contributed by atoms with van der Waals surface area (Å²) >= 11 is 0. The third-order valence-electron chi connectivity index (χ3n) is 1.66. The third-order valence-corrected chi connectivity index (χ3v) is 1.66. The first-order valence-electron chi connectivity index (χ1n) is 4.40. The molecule has 1 rings (SSSR count). The molecule has 0 bridgehead atoms. The van der Waals surface area contributed by atoms with E-state index in [4.69, 9.17) is 10.6 Å². The summed E-state index contributed by atoms with van der Waals surface area (Å²) in [4.78, 5) is 17.4. The van der Waals surface area contributed by atoms with E-state index in [9.17, 15) is 10.1 Å². The van der Waals surface area contributed by atoms with Gasteiger partial charge in [-0.15, -0.1) is 0 Å². The van der Waals surface area contributed by atoms with Crippen LogP contribution in [-0.4, -0.2) is 21.5 Å². The number of hydrogen-bond acceptors (Lipinski definition) is 7. The zero-order valence-electron chi connectivity index (χ0n) is 8.58. The Morgan fingerprint density at radius 3 is 3.00 bits per heavy atom. The van der Waals surface area contributed by atoms with E-state index in [0.29, 0.717) is 0 Å². The standard InChI is InChI=1S/C8H11N5O3/c1-2-3-4-16-8-6(13(14)15)7(12-9)10-5-11-8/h2-3,5H,4,9H2,1H3,(H,10,11,12)/b3-2+. The molecule has 0 fully saturated rings. The normalized spacial score (nSPS) is 10.4. The molecule has 8 heteroatoms. The van der Waals surface area contributed by atoms with Gasteiger partial charge in [0, 0.05) is 0 Å². The highest BCUT2D eigenvalue weighted by atomic mass is 16.6. The van der Waals surface area contributed by atoms with Crippen molar-refractivity contribution >= 4 is 11.5 Å². The van der Waals surface area contributed by atoms with Gasteiger partial charge in [-0.25, -0.2) is 10.8 Å². The van der Waals surface area contributed by atoms with Gasteiger partial charge in [0.25, 0.3) is 5.88 Å². The van der Waals surface area contributed by atoms with Crippen molar-refractivity contribution in [2.24, 2.45) is 5.84 Å². The molecular weight excluding hydrogens is 214 g/mol. The van der Waals surface area contributed by atoms with Crippen LogP contribution in [0.15, 0.2) is 18.5 Å². The molecule has 86 valence electrons. The first kappa shape index (κ1) is 11.9. The van der Waals surface area contributed by atoms with Crippen LogP contribution < -0.4 is 16.0 Å². The Hall–Kier alpha value is -2.22. The van der Waals surface area contributed by atoms with Gasteiger partial charge in [-0.05, 0) is 6.92 Å². The first-order chi connectivity index (χ1) is 7.70. The van der Waals surface area contributed by atoms with Crippen LogP contribution in [0.3, 0.4) is 0 Å². The summed E-state index contributed by atoms with van der Waals surface area (Å²) in [6, 6.07) is 0. The quantitative estimate of drug-likeness (QED) is 0.326. The second kappa shape index (κ2) is 5.61. The zero-order valence-corrected chi connectivity index (χ0v) is 8.58. The molecule has 0 aliphatic carbocycles. The third kappa shape index (κ3) is 2.64. The van der Waals surface area contributed by atoms with E-state index in [1.54, 1.807) is 12.2 Å². The van der Waals surface area contributed by atoms with Crippen LogP contribution in [0.25, 0.3) is 0 Å². The number of allylic oxidation sites excluding steroid dienone is 1. The molecule has 1 heterocycles. The molecule has 0 aromatic carbocycles. The van der Waals surface area contributed by atoms with E-state index in [0.717, 1.165) is 6.33 Å². The minimum atomic E-state index is -0.653. The fourth-order valence-corrected chi connectivity index (χ4v) is 0.962. The number of ether oxygens (including phenoxy) is 1. The summed E-state index contributed by atoms with van der Waals surface area (Å²) in [6.07, 6.45) is 4.59. The summed E-state index contributed by atoms with van der Waals surface area (Å²) in [7, 11) is 0. The number of hydrogen-bond donors (Lipinski definition) is 2. The van der Waals surface area contributed by atoms with Gasteiger partial charge in [0.1, 0.15) is 12.9 Å². The van der Waals surface area contributed by atoms with Crippen LogP contribution in [0.5, 0.6) is 5.88 Å². The van der Waals surface area contributed by atoms with Crippen LogP contribution in [0.1, 0.15) is 6.92 Å². The molecule has 0 spiro atoms. The predicted molar refractivity (Wildman–Crippen MR) is 56.8 cm³/mol. The Morgan fingerprint density at radius 1 is 1.69 bits per heavy atom. The molecule has 0 aliphatic heterocycles. The number of nitro groups is 1. The van der Waals surface area contributed by atoms with Gasteiger partial charge in [-0.3, -0.25) is 10.1 Å². The lowest BCUT2D eigenvalue weighted by molar-refractivity contribution is -0.385. The number of nitrogen functional groups attached to an aromatic ring is 1. The molecular formula is C8H11N5O3. The topological polar surface area (TPSA) is 116 Å². The number of aromatic nitrogens is 2. The number of hydrazine groups is 1. The van der Waals surface area contributed by atoms with Crippen LogP contribution >= 0.6 is 0 Å². The van der Waals surface area contributed by atoms with Crippen molar-refractivity contribution in [3.8, 4) is 5.88 Å². The summed E-state index contributed by atoms with van der Waals surface area (Å²) in [6.45, 7) is 2.00. The van der Waals surface area contributed by atoms with Gasteiger partial charge in [-0.2, -0.15) is 4.98 Å². The van der Waals surface area contributed by atoms with E-state index in [-0.39, 0.29) is 24.0 Å². The molecule has 0 unspecified atom stereocenters. The van der Waals surface area contributed by atoms with E-state index >= 15 is 0 Å². The molecule has 0 saturated carbocycles. The van der Waals surface area contributed by atoms with Gasteiger partial charge >= 0.3 is 5.69 Å². The Morgan fingerprint density at radius 2 is 2.44 bits per heavy atom. The Balaban J connectivity index is 3.02. The van der Waals surface area contributed by atoms with Crippen LogP contribution in [-0.2, 0) is 0 Å². The molecule has 0 amide bonds. The van der Waals surface area contributed by atoms with Crippen molar-refractivity contribution in [1.82, 2.24) is 9.97 Å². The van der Waals surface area contributed by atoms with Gasteiger partial charge < -0.3 is 10.2 Å². The maximum atomic E-state index is 10.8. The smallest absolute Gasteiger partial charge is 0.374 e. The molecule has 16 heavy (non-hydrogen) atoms. The SMILES string of the molecule is C/C=C/COc1ncnc(NN)c1[N+](=O)[O-]. The van der Waals surface area contributed by atoms with Crippen LogP contribution in [0, 0.1) is 10.1 Å². The molecule has 1 aromatic heterocycles. The highest BCUT2D eigenvalue weighted by Gasteiger charge is 2.23. The number of nitrogens with one attached hydrogen (secondary N) is 1. The number of nitrogens with two attached hydrogens (primary N) is 1. The fraction of sp³-hybridized carbons (Fsp3) is 0.250. The van der Waals surface area contributed by atoms with Crippen molar-refractivity contribution in [2.45, 2.75) is 6.92 Å². The Bertz CT molecular complexity index is 407. The summed E-state index contributed by atoms with van der Waals surface area (Å²) in [5.41, 5.74) is 1.74. The zero-order chi connectivity index (χ0) is 12.0. The van der Waals surface area contributed by atoms with E-state index in [2.05, 4.69) is 15.4 Å². The lowest BCUT2D eigenvalue weighted by Gasteiger charge is -2.05. The maximum absolute atomic E-state index is 10.8. The van der Waals surface area contributed by atoms with E-state index < -0.39 is 4.92 Å². The highest BCUT2D eigenvalue weighted by Crippen LogP contribution is 2.29. The minimum Gasteiger partial charge on any atom is -0.468 e. The van der Waals surface area contributed by atoms with Gasteiger partial charge in [0.05, 0.1) is 4.92 Å². The summed E-state index contributed by atoms with van der Waals surface area (Å²) in [5.74, 6) is 4.89. The second-order valence-electron chi connectivity index (χ2n) is 2.66. The fourth-order valence-electron chi connectivity index (χ4n) is 0.962. The van der Waals surface area contributed by atoms with Crippen LogP contribution in [0.4, 0.5) is 11.5 Å². The highest BCUT2D eigenvalue weighted by molar-refractivity contribution is 5.60. The van der Waals surface area contributed by atoms with E-state index in [1.807, 2.05) is 6.92 Å². The number of rotatable bonds is 5. The monoisotopic (exact) mass is 225 g/mol. The maximum Gasteiger partial charge on any atom is 0.374 e. The van der Waals surface area contributed by atoms with Crippen molar-refractivity contribution in [3.05, 3.63) is 28.6 Å². The lowest BCUT2D eigenvalue weighted by atomic mass is 10.4. The molecule has 0 aliphatic rings. The second-order valence-corrected chi connectivity index (χ2v) is 2.66. The van der Waals surface area contributed by atoms with Gasteiger partial charge in [0.2, 0.25) is 5.82 Å². The molecule has 0 saturated heterocycles. The summed E-state index contributed by atoms with van der Waals surface area (Å²) < 4.78 is 5.11. The predicted octanol–water partition coefficient (Wildman–Crippen LogP) is 0.625. The Labute approximate surface area is 91.3 Å². The van der Waals surface area contributed by atoms with Crippen LogP contribution in [0.2, 0.25) is 0 Å². The average Bonchev–Trinajstić information content (AvgIpc) is 2.28. The van der Waals surface area contributed by atoms with E-state index in [1.165, 1.54) is 0 Å². The lowest BCUT2D eigenvalue weighted by Crippen LogP contribution is -2.12. The number of nitrogens with zero attached hydrogens (tertiary/aromatic N) is 3. The molecule has 8 nitrogen and oxygen atoms in total. The van der Waals surface area contributed by atoms with Crippen molar-refractivity contribution in [3.63, 3.8) is 0 Å². The van der Waals surface area contributed by atoms with Gasteiger partial charge in [0.15, 0.2) is 0 Å². The van der Waals surface area contributed by atoms with Crippen molar-refractivity contribution < 1.29 is 9.66 Å². The largest absolute Gasteiger partial charge is 0.468 e. The molecule has 3 N–H and O–H groups in total. The summed E-state index contributed by atoms with van der Waals surface area (Å²) in [5, 5.41) is 10.8. The Kier molecular flexibility index (Phi) is 4.16. The van der Waals surface area contributed by atoms with Crippen molar-refractivity contribution in [1.29, 1.82) is 0 Å². The first-order valence-corrected chi connectivity index (χ1v) is 4.40. The van der Waals surface area contributed by atoms with Crippen molar-refractivity contribution in [2.75, 3.05) is 12.0 Å². The molecule has 1 aromatic rings. The molecule has 0 radical (unpaired) electrons. The minimum absolute atomic E-state index is 0.0875. The average molecular weight is 225 g/mol.